The molecule has 4 aromatic rings. The Balaban J connectivity index is 1.32. The molecule has 0 fully saturated rings. The van der Waals surface area contributed by atoms with E-state index in [1.54, 1.807) is 23.1 Å². The first kappa shape index (κ1) is 21.5. The van der Waals surface area contributed by atoms with Crippen LogP contribution in [0.2, 0.25) is 0 Å². The van der Waals surface area contributed by atoms with Gasteiger partial charge in [-0.3, -0.25) is 9.59 Å². The van der Waals surface area contributed by atoms with E-state index in [0.717, 1.165) is 22.4 Å². The van der Waals surface area contributed by atoms with Crippen LogP contribution in [-0.4, -0.2) is 18.4 Å². The van der Waals surface area contributed by atoms with Gasteiger partial charge in [-0.05, 0) is 53.9 Å². The summed E-state index contributed by atoms with van der Waals surface area (Å²) >= 11 is 0. The summed E-state index contributed by atoms with van der Waals surface area (Å²) in [5.41, 5.74) is 4.87. The van der Waals surface area contributed by atoms with Gasteiger partial charge in [0.05, 0.1) is 17.7 Å². The SMILES string of the molecule is CCN1C(=O)c2cc(NC(=O)Cc3ccc(-c4ccccc4)cc3)ccc2Oc2ccccc21. The van der Waals surface area contributed by atoms with Gasteiger partial charge in [-0.2, -0.15) is 0 Å². The third-order valence-corrected chi connectivity index (χ3v) is 5.86. The van der Waals surface area contributed by atoms with Gasteiger partial charge in [0.1, 0.15) is 5.75 Å². The van der Waals surface area contributed by atoms with Crippen LogP contribution in [0.1, 0.15) is 22.8 Å². The predicted molar refractivity (Wildman–Crippen MR) is 135 cm³/mol. The van der Waals surface area contributed by atoms with Gasteiger partial charge >= 0.3 is 0 Å². The minimum Gasteiger partial charge on any atom is -0.454 e. The van der Waals surface area contributed by atoms with Crippen LogP contribution in [0, 0.1) is 0 Å². The molecule has 2 amide bonds. The molecule has 1 N–H and O–H groups in total. The van der Waals surface area contributed by atoms with E-state index >= 15 is 0 Å². The number of nitrogens with one attached hydrogen (secondary N) is 1. The molecule has 1 heterocycles. The fraction of sp³-hybridized carbons (Fsp3) is 0.103. The highest BCUT2D eigenvalue weighted by molar-refractivity contribution is 6.10. The van der Waals surface area contributed by atoms with E-state index in [9.17, 15) is 9.59 Å². The summed E-state index contributed by atoms with van der Waals surface area (Å²) in [6, 6.07) is 30.7. The van der Waals surface area contributed by atoms with E-state index in [1.165, 1.54) is 0 Å². The molecule has 1 aliphatic heterocycles. The van der Waals surface area contributed by atoms with E-state index in [0.29, 0.717) is 29.3 Å². The number of fused-ring (bicyclic) bond motifs is 2. The summed E-state index contributed by atoms with van der Waals surface area (Å²) in [6.07, 6.45) is 0.239. The molecular formula is C29H24N2O3. The van der Waals surface area contributed by atoms with Crippen molar-refractivity contribution in [2.75, 3.05) is 16.8 Å². The van der Waals surface area contributed by atoms with Crippen molar-refractivity contribution in [3.05, 3.63) is 108 Å². The Kier molecular flexibility index (Phi) is 5.83. The molecule has 1 aliphatic rings. The van der Waals surface area contributed by atoms with Gasteiger partial charge in [-0.15, -0.1) is 0 Å². The van der Waals surface area contributed by atoms with Gasteiger partial charge in [0.25, 0.3) is 5.91 Å². The summed E-state index contributed by atoms with van der Waals surface area (Å²) in [5.74, 6) is 0.801. The second-order valence-electron chi connectivity index (χ2n) is 8.12. The molecule has 0 bridgehead atoms. The van der Waals surface area contributed by atoms with Crippen LogP contribution in [0.4, 0.5) is 11.4 Å². The number of anilines is 2. The van der Waals surface area contributed by atoms with Gasteiger partial charge < -0.3 is 15.0 Å². The molecule has 0 aliphatic carbocycles. The lowest BCUT2D eigenvalue weighted by Gasteiger charge is -2.19. The molecule has 4 aromatic carbocycles. The Morgan fingerprint density at radius 3 is 2.29 bits per heavy atom. The lowest BCUT2D eigenvalue weighted by Crippen LogP contribution is -2.29. The number of amides is 2. The summed E-state index contributed by atoms with van der Waals surface area (Å²) in [6.45, 7) is 2.43. The second-order valence-corrected chi connectivity index (χ2v) is 8.12. The maximum atomic E-state index is 13.2. The van der Waals surface area contributed by atoms with E-state index in [2.05, 4.69) is 17.4 Å². The van der Waals surface area contributed by atoms with Crippen molar-refractivity contribution in [2.24, 2.45) is 0 Å². The Morgan fingerprint density at radius 1 is 0.824 bits per heavy atom. The van der Waals surface area contributed by atoms with Crippen LogP contribution in [0.5, 0.6) is 11.5 Å². The zero-order chi connectivity index (χ0) is 23.5. The van der Waals surface area contributed by atoms with Crippen LogP contribution in [0.15, 0.2) is 97.1 Å². The standard InChI is InChI=1S/C29H24N2O3/c1-2-31-25-10-6-7-11-27(25)34-26-17-16-23(19-24(26)29(31)33)30-28(32)18-20-12-14-22(15-13-20)21-8-4-3-5-9-21/h3-17,19H,2,18H2,1H3,(H,30,32). The van der Waals surface area contributed by atoms with Crippen molar-refractivity contribution in [3.8, 4) is 22.6 Å². The smallest absolute Gasteiger partial charge is 0.262 e. The molecule has 0 spiro atoms. The lowest BCUT2D eigenvalue weighted by atomic mass is 10.0. The number of nitrogens with zero attached hydrogens (tertiary/aromatic N) is 1. The summed E-state index contributed by atoms with van der Waals surface area (Å²) in [5, 5.41) is 2.92. The first-order chi connectivity index (χ1) is 16.6. The van der Waals surface area contributed by atoms with E-state index < -0.39 is 0 Å². The van der Waals surface area contributed by atoms with E-state index in [-0.39, 0.29) is 18.2 Å². The van der Waals surface area contributed by atoms with Crippen LogP contribution >= 0.6 is 0 Å². The largest absolute Gasteiger partial charge is 0.454 e. The number of hydrogen-bond acceptors (Lipinski definition) is 3. The number of rotatable bonds is 5. The minimum atomic E-state index is -0.157. The van der Waals surface area contributed by atoms with Crippen molar-refractivity contribution in [2.45, 2.75) is 13.3 Å². The molecule has 5 nitrogen and oxygen atoms in total. The molecule has 5 heteroatoms. The predicted octanol–water partition coefficient (Wildman–Crippen LogP) is 6.31. The summed E-state index contributed by atoms with van der Waals surface area (Å²) < 4.78 is 6.03. The van der Waals surface area contributed by atoms with Crippen molar-refractivity contribution in [1.29, 1.82) is 0 Å². The highest BCUT2D eigenvalue weighted by Crippen LogP contribution is 2.39. The highest BCUT2D eigenvalue weighted by atomic mass is 16.5. The Morgan fingerprint density at radius 2 is 1.53 bits per heavy atom. The number of carbonyl (C=O) groups excluding carboxylic acids is 2. The topological polar surface area (TPSA) is 58.6 Å². The molecule has 0 saturated heterocycles. The molecule has 0 aromatic heterocycles. The third-order valence-electron chi connectivity index (χ3n) is 5.86. The fourth-order valence-electron chi connectivity index (χ4n) is 4.15. The Hall–Kier alpha value is -4.38. The second kappa shape index (κ2) is 9.24. The average molecular weight is 449 g/mol. The number of para-hydroxylation sites is 2. The van der Waals surface area contributed by atoms with Crippen molar-refractivity contribution >= 4 is 23.2 Å². The molecule has 0 atom stereocenters. The van der Waals surface area contributed by atoms with Gasteiger partial charge in [0, 0.05) is 12.2 Å². The first-order valence-electron chi connectivity index (χ1n) is 11.3. The zero-order valence-corrected chi connectivity index (χ0v) is 18.8. The highest BCUT2D eigenvalue weighted by Gasteiger charge is 2.27. The van der Waals surface area contributed by atoms with Crippen LogP contribution in [-0.2, 0) is 11.2 Å². The van der Waals surface area contributed by atoms with Crippen LogP contribution in [0.3, 0.4) is 0 Å². The number of carbonyl (C=O) groups is 2. The van der Waals surface area contributed by atoms with Crippen molar-refractivity contribution in [1.82, 2.24) is 0 Å². The van der Waals surface area contributed by atoms with Gasteiger partial charge in [-0.25, -0.2) is 0 Å². The normalized spacial score (nSPS) is 12.3. The fourth-order valence-corrected chi connectivity index (χ4v) is 4.15. The number of benzene rings is 4. The monoisotopic (exact) mass is 448 g/mol. The van der Waals surface area contributed by atoms with Crippen LogP contribution < -0.4 is 15.0 Å². The first-order valence-corrected chi connectivity index (χ1v) is 11.3. The maximum absolute atomic E-state index is 13.2. The molecular weight excluding hydrogens is 424 g/mol. The maximum Gasteiger partial charge on any atom is 0.262 e. The van der Waals surface area contributed by atoms with Crippen LogP contribution in [0.25, 0.3) is 11.1 Å². The van der Waals surface area contributed by atoms with Crippen molar-refractivity contribution in [3.63, 3.8) is 0 Å². The molecule has 0 unspecified atom stereocenters. The summed E-state index contributed by atoms with van der Waals surface area (Å²) in [7, 11) is 0. The minimum absolute atomic E-state index is 0.148. The van der Waals surface area contributed by atoms with Gasteiger partial charge in [0.15, 0.2) is 5.75 Å². The van der Waals surface area contributed by atoms with Gasteiger partial charge in [0.2, 0.25) is 5.91 Å². The molecule has 34 heavy (non-hydrogen) atoms. The van der Waals surface area contributed by atoms with Gasteiger partial charge in [-0.1, -0.05) is 66.7 Å². The third kappa shape index (κ3) is 4.28. The Bertz CT molecular complexity index is 1350. The number of ether oxygens (including phenoxy) is 1. The molecule has 5 rings (SSSR count). The van der Waals surface area contributed by atoms with Crippen molar-refractivity contribution < 1.29 is 14.3 Å². The average Bonchev–Trinajstić information content (AvgIpc) is 2.98. The number of hydrogen-bond donors (Lipinski definition) is 1. The summed E-state index contributed by atoms with van der Waals surface area (Å²) in [4.78, 5) is 27.6. The zero-order valence-electron chi connectivity index (χ0n) is 18.8. The molecule has 168 valence electrons. The van der Waals surface area contributed by atoms with E-state index in [1.807, 2.05) is 73.7 Å². The molecule has 0 saturated carbocycles. The molecule has 0 radical (unpaired) electrons. The quantitative estimate of drug-likeness (QED) is 0.389. The van der Waals surface area contributed by atoms with E-state index in [4.69, 9.17) is 4.74 Å². The Labute approximate surface area is 198 Å². The lowest BCUT2D eigenvalue weighted by molar-refractivity contribution is -0.115.